The van der Waals surface area contributed by atoms with Gasteiger partial charge in [0, 0.05) is 37.7 Å². The molecule has 0 saturated carbocycles. The van der Waals surface area contributed by atoms with Gasteiger partial charge in [-0.3, -0.25) is 4.98 Å². The van der Waals surface area contributed by atoms with Gasteiger partial charge in [-0.15, -0.1) is 0 Å². The van der Waals surface area contributed by atoms with Gasteiger partial charge in [0.15, 0.2) is 5.82 Å². The first-order chi connectivity index (χ1) is 11.3. The van der Waals surface area contributed by atoms with Crippen molar-refractivity contribution in [2.45, 2.75) is 38.8 Å². The first kappa shape index (κ1) is 16.9. The molecule has 3 rings (SSSR count). The van der Waals surface area contributed by atoms with Crippen LogP contribution in [0.1, 0.15) is 27.2 Å². The molecule has 1 fully saturated rings. The third kappa shape index (κ3) is 3.75. The predicted molar refractivity (Wildman–Crippen MR) is 94.9 cm³/mol. The summed E-state index contributed by atoms with van der Waals surface area (Å²) >= 11 is 3.44. The van der Waals surface area contributed by atoms with Crippen molar-refractivity contribution in [3.63, 3.8) is 0 Å². The Morgan fingerprint density at radius 2 is 2.00 bits per heavy atom. The summed E-state index contributed by atoms with van der Waals surface area (Å²) in [6, 6.07) is 0.108. The van der Waals surface area contributed by atoms with Crippen molar-refractivity contribution in [2.75, 3.05) is 18.4 Å². The van der Waals surface area contributed by atoms with Crippen LogP contribution in [0.5, 0.6) is 0 Å². The van der Waals surface area contributed by atoms with Crippen LogP contribution in [-0.4, -0.2) is 50.7 Å². The first-order valence-electron chi connectivity index (χ1n) is 7.83. The van der Waals surface area contributed by atoms with Gasteiger partial charge >= 0.3 is 6.09 Å². The van der Waals surface area contributed by atoms with Gasteiger partial charge in [-0.05, 0) is 43.1 Å². The Balaban J connectivity index is 1.70. The summed E-state index contributed by atoms with van der Waals surface area (Å²) in [6.07, 6.45) is 5.55. The SMILES string of the molecule is CC(C)(C)OC(=O)N1CC[C@H](Nc2ncc(Br)c3nccnc23)C1. The lowest BCUT2D eigenvalue weighted by Gasteiger charge is -2.24. The molecule has 0 spiro atoms. The summed E-state index contributed by atoms with van der Waals surface area (Å²) in [7, 11) is 0. The third-order valence-corrected chi connectivity index (χ3v) is 4.22. The molecular weight excluding hydrogens is 374 g/mol. The molecule has 2 aromatic heterocycles. The Labute approximate surface area is 149 Å². The zero-order valence-electron chi connectivity index (χ0n) is 13.9. The molecule has 0 bridgehead atoms. The highest BCUT2D eigenvalue weighted by atomic mass is 79.9. The van der Waals surface area contributed by atoms with Gasteiger partial charge in [0.1, 0.15) is 16.6 Å². The smallest absolute Gasteiger partial charge is 0.410 e. The Bertz CT molecular complexity index is 762. The number of rotatable bonds is 2. The van der Waals surface area contributed by atoms with E-state index in [1.807, 2.05) is 20.8 Å². The van der Waals surface area contributed by atoms with E-state index in [1.165, 1.54) is 0 Å². The van der Waals surface area contributed by atoms with Crippen LogP contribution in [0.4, 0.5) is 10.6 Å². The Kier molecular flexibility index (Phi) is 4.58. The minimum atomic E-state index is -0.484. The second-order valence-corrected chi connectivity index (χ2v) is 7.62. The molecule has 0 radical (unpaired) electrons. The molecule has 24 heavy (non-hydrogen) atoms. The molecule has 0 aliphatic carbocycles. The minimum absolute atomic E-state index is 0.108. The number of halogens is 1. The van der Waals surface area contributed by atoms with E-state index in [9.17, 15) is 4.79 Å². The van der Waals surface area contributed by atoms with Crippen molar-refractivity contribution >= 4 is 38.9 Å². The van der Waals surface area contributed by atoms with E-state index < -0.39 is 5.60 Å². The van der Waals surface area contributed by atoms with Gasteiger partial charge in [-0.1, -0.05) is 0 Å². The fraction of sp³-hybridized carbons (Fsp3) is 0.500. The number of nitrogens with zero attached hydrogens (tertiary/aromatic N) is 4. The maximum atomic E-state index is 12.1. The van der Waals surface area contributed by atoms with Gasteiger partial charge in [-0.2, -0.15) is 0 Å². The fourth-order valence-electron chi connectivity index (χ4n) is 2.60. The molecule has 8 heteroatoms. The number of carbonyl (C=O) groups is 1. The van der Waals surface area contributed by atoms with Gasteiger partial charge in [-0.25, -0.2) is 14.8 Å². The lowest BCUT2D eigenvalue weighted by Crippen LogP contribution is -2.36. The predicted octanol–water partition coefficient (Wildman–Crippen LogP) is 3.21. The van der Waals surface area contributed by atoms with Gasteiger partial charge < -0.3 is 15.0 Å². The Morgan fingerprint density at radius 3 is 2.71 bits per heavy atom. The number of ether oxygens (including phenoxy) is 1. The van der Waals surface area contributed by atoms with Crippen LogP contribution in [-0.2, 0) is 4.74 Å². The van der Waals surface area contributed by atoms with E-state index >= 15 is 0 Å². The highest BCUT2D eigenvalue weighted by molar-refractivity contribution is 9.10. The van der Waals surface area contributed by atoms with Crippen molar-refractivity contribution < 1.29 is 9.53 Å². The number of hydrogen-bond donors (Lipinski definition) is 1. The van der Waals surface area contributed by atoms with Crippen molar-refractivity contribution in [1.82, 2.24) is 19.9 Å². The number of nitrogens with one attached hydrogen (secondary N) is 1. The maximum Gasteiger partial charge on any atom is 0.410 e. The van der Waals surface area contributed by atoms with Crippen molar-refractivity contribution in [2.24, 2.45) is 0 Å². The zero-order chi connectivity index (χ0) is 17.3. The number of likely N-dealkylation sites (tertiary alicyclic amines) is 1. The number of anilines is 1. The van der Waals surface area contributed by atoms with Crippen LogP contribution in [0.15, 0.2) is 23.1 Å². The number of aromatic nitrogens is 3. The van der Waals surface area contributed by atoms with E-state index in [1.54, 1.807) is 23.5 Å². The summed E-state index contributed by atoms with van der Waals surface area (Å²) in [5, 5.41) is 3.37. The van der Waals surface area contributed by atoms with Crippen LogP contribution in [0.2, 0.25) is 0 Å². The number of amides is 1. The van der Waals surface area contributed by atoms with Gasteiger partial charge in [0.25, 0.3) is 0 Å². The average Bonchev–Trinajstić information content (AvgIpc) is 2.98. The lowest BCUT2D eigenvalue weighted by molar-refractivity contribution is 0.0293. The molecule has 0 unspecified atom stereocenters. The molecule has 1 aliphatic heterocycles. The largest absolute Gasteiger partial charge is 0.444 e. The molecule has 3 heterocycles. The molecule has 128 valence electrons. The second-order valence-electron chi connectivity index (χ2n) is 6.76. The highest BCUT2D eigenvalue weighted by Crippen LogP contribution is 2.26. The van der Waals surface area contributed by atoms with E-state index in [-0.39, 0.29) is 12.1 Å². The number of hydrogen-bond acceptors (Lipinski definition) is 6. The average molecular weight is 394 g/mol. The standard InChI is InChI=1S/C16H20BrN5O2/c1-16(2,3)24-15(23)22-7-4-10(9-22)21-14-13-12(11(17)8-20-14)18-5-6-19-13/h5-6,8,10H,4,7,9H2,1-3H3,(H,20,21)/t10-/m0/s1. The highest BCUT2D eigenvalue weighted by Gasteiger charge is 2.30. The van der Waals surface area contributed by atoms with Crippen LogP contribution >= 0.6 is 15.9 Å². The number of fused-ring (bicyclic) bond motifs is 1. The van der Waals surface area contributed by atoms with Crippen molar-refractivity contribution in [3.8, 4) is 0 Å². The van der Waals surface area contributed by atoms with Crippen molar-refractivity contribution in [3.05, 3.63) is 23.1 Å². The molecule has 1 saturated heterocycles. The summed E-state index contributed by atoms with van der Waals surface area (Å²) < 4.78 is 6.22. The molecule has 1 amide bonds. The lowest BCUT2D eigenvalue weighted by atomic mass is 10.2. The monoisotopic (exact) mass is 393 g/mol. The van der Waals surface area contributed by atoms with E-state index in [0.29, 0.717) is 24.4 Å². The fourth-order valence-corrected chi connectivity index (χ4v) is 2.99. The van der Waals surface area contributed by atoms with Crippen LogP contribution in [0, 0.1) is 0 Å². The molecule has 1 atom stereocenters. The van der Waals surface area contributed by atoms with Crippen LogP contribution < -0.4 is 5.32 Å². The molecular formula is C16H20BrN5O2. The molecule has 7 nitrogen and oxygen atoms in total. The van der Waals surface area contributed by atoms with Crippen LogP contribution in [0.25, 0.3) is 11.0 Å². The number of pyridine rings is 1. The Hall–Kier alpha value is -1.96. The second kappa shape index (κ2) is 6.51. The first-order valence-corrected chi connectivity index (χ1v) is 8.62. The topological polar surface area (TPSA) is 80.2 Å². The van der Waals surface area contributed by atoms with Gasteiger partial charge in [0.2, 0.25) is 0 Å². The normalized spacial score (nSPS) is 18.0. The van der Waals surface area contributed by atoms with E-state index in [4.69, 9.17) is 4.74 Å². The summed E-state index contributed by atoms with van der Waals surface area (Å²) in [4.78, 5) is 27.0. The summed E-state index contributed by atoms with van der Waals surface area (Å²) in [5.41, 5.74) is 0.987. The van der Waals surface area contributed by atoms with Crippen LogP contribution in [0.3, 0.4) is 0 Å². The minimum Gasteiger partial charge on any atom is -0.444 e. The summed E-state index contributed by atoms with van der Waals surface area (Å²) in [5.74, 6) is 0.678. The Morgan fingerprint density at radius 1 is 1.29 bits per heavy atom. The molecule has 1 N–H and O–H groups in total. The van der Waals surface area contributed by atoms with Gasteiger partial charge in [0.05, 0.1) is 4.47 Å². The number of carbonyl (C=O) groups excluding carboxylic acids is 1. The zero-order valence-corrected chi connectivity index (χ0v) is 15.5. The molecule has 2 aromatic rings. The third-order valence-electron chi connectivity index (χ3n) is 3.64. The summed E-state index contributed by atoms with van der Waals surface area (Å²) in [6.45, 7) is 6.84. The molecule has 0 aromatic carbocycles. The van der Waals surface area contributed by atoms with Crippen molar-refractivity contribution in [1.29, 1.82) is 0 Å². The van der Waals surface area contributed by atoms with E-state index in [2.05, 4.69) is 36.2 Å². The molecule has 1 aliphatic rings. The van der Waals surface area contributed by atoms with E-state index in [0.717, 1.165) is 16.4 Å². The maximum absolute atomic E-state index is 12.1. The quantitative estimate of drug-likeness (QED) is 0.843.